The van der Waals surface area contributed by atoms with Crippen LogP contribution in [-0.4, -0.2) is 11.9 Å². The molecular formula is C15H18N2O. The zero-order valence-corrected chi connectivity index (χ0v) is 10.5. The number of primary amides is 1. The lowest BCUT2D eigenvalue weighted by Gasteiger charge is -2.17. The molecule has 0 saturated heterocycles. The van der Waals surface area contributed by atoms with Gasteiger partial charge in [-0.2, -0.15) is 0 Å². The fraction of sp³-hybridized carbons (Fsp3) is 0.267. The molecule has 1 unspecified atom stereocenters. The second kappa shape index (κ2) is 5.19. The van der Waals surface area contributed by atoms with Crippen molar-refractivity contribution < 1.29 is 4.79 Å². The number of amides is 1. The Morgan fingerprint density at radius 2 is 1.83 bits per heavy atom. The Bertz CT molecular complexity index is 560. The minimum atomic E-state index is -0.345. The maximum Gasteiger partial charge on any atom is 0.221 e. The van der Waals surface area contributed by atoms with Gasteiger partial charge in [-0.15, -0.1) is 0 Å². The Labute approximate surface area is 107 Å². The van der Waals surface area contributed by atoms with Crippen molar-refractivity contribution in [2.75, 3.05) is 0 Å². The summed E-state index contributed by atoms with van der Waals surface area (Å²) < 4.78 is 0. The number of carbonyl (C=O) groups excluding carboxylic acids is 1. The summed E-state index contributed by atoms with van der Waals surface area (Å²) in [6, 6.07) is 14.1. The van der Waals surface area contributed by atoms with Gasteiger partial charge in [0.25, 0.3) is 0 Å². The molecule has 0 spiro atoms. The van der Waals surface area contributed by atoms with Gasteiger partial charge in [0, 0.05) is 6.04 Å². The van der Waals surface area contributed by atoms with E-state index >= 15 is 0 Å². The van der Waals surface area contributed by atoms with Crippen LogP contribution in [0.3, 0.4) is 0 Å². The number of rotatable bonds is 4. The van der Waals surface area contributed by atoms with Gasteiger partial charge in [-0.3, -0.25) is 4.79 Å². The monoisotopic (exact) mass is 242 g/mol. The highest BCUT2D eigenvalue weighted by molar-refractivity contribution is 5.85. The van der Waals surface area contributed by atoms with Crippen molar-refractivity contribution >= 4 is 16.7 Å². The third-order valence-corrected chi connectivity index (χ3v) is 3.43. The average Bonchev–Trinajstić information content (AvgIpc) is 2.38. The molecule has 2 aromatic rings. The van der Waals surface area contributed by atoms with E-state index in [4.69, 9.17) is 11.5 Å². The topological polar surface area (TPSA) is 69.1 Å². The molecule has 94 valence electrons. The number of hydrogen-bond acceptors (Lipinski definition) is 2. The van der Waals surface area contributed by atoms with Gasteiger partial charge in [-0.1, -0.05) is 49.4 Å². The number of hydrogen-bond donors (Lipinski definition) is 2. The first-order valence-corrected chi connectivity index (χ1v) is 6.11. The van der Waals surface area contributed by atoms with E-state index in [2.05, 4.69) is 24.3 Å². The van der Waals surface area contributed by atoms with Gasteiger partial charge in [-0.25, -0.2) is 0 Å². The summed E-state index contributed by atoms with van der Waals surface area (Å²) >= 11 is 0. The van der Waals surface area contributed by atoms with Crippen LogP contribution in [0.25, 0.3) is 10.8 Å². The van der Waals surface area contributed by atoms with Crippen LogP contribution in [0.5, 0.6) is 0 Å². The summed E-state index contributed by atoms with van der Waals surface area (Å²) in [4.78, 5) is 11.1. The van der Waals surface area contributed by atoms with Crippen molar-refractivity contribution in [3.05, 3.63) is 48.0 Å². The number of nitrogens with two attached hydrogens (primary N) is 2. The molecule has 0 aliphatic rings. The predicted molar refractivity (Wildman–Crippen MR) is 74.0 cm³/mol. The van der Waals surface area contributed by atoms with E-state index in [0.29, 0.717) is 6.42 Å². The van der Waals surface area contributed by atoms with Crippen molar-refractivity contribution in [1.82, 2.24) is 0 Å². The zero-order valence-electron chi connectivity index (χ0n) is 10.5. The van der Waals surface area contributed by atoms with Crippen molar-refractivity contribution in [1.29, 1.82) is 0 Å². The normalized spacial score (nSPS) is 14.3. The lowest BCUT2D eigenvalue weighted by atomic mass is 9.92. The van der Waals surface area contributed by atoms with Crippen LogP contribution < -0.4 is 11.5 Å². The van der Waals surface area contributed by atoms with Gasteiger partial charge in [0.1, 0.15) is 0 Å². The summed E-state index contributed by atoms with van der Waals surface area (Å²) in [5.74, 6) is -0.660. The fourth-order valence-corrected chi connectivity index (χ4v) is 2.11. The lowest BCUT2D eigenvalue weighted by Crippen LogP contribution is -2.38. The fourth-order valence-electron chi connectivity index (χ4n) is 2.11. The van der Waals surface area contributed by atoms with Gasteiger partial charge in [0.15, 0.2) is 0 Å². The molecule has 2 aromatic carbocycles. The number of benzene rings is 2. The van der Waals surface area contributed by atoms with E-state index in [9.17, 15) is 4.79 Å². The maximum atomic E-state index is 11.1. The molecule has 3 heteroatoms. The van der Waals surface area contributed by atoms with E-state index in [1.165, 1.54) is 10.8 Å². The second-order valence-electron chi connectivity index (χ2n) is 4.70. The summed E-state index contributed by atoms with van der Waals surface area (Å²) in [6.07, 6.45) is 0.658. The molecule has 18 heavy (non-hydrogen) atoms. The highest BCUT2D eigenvalue weighted by atomic mass is 16.1. The molecule has 4 N–H and O–H groups in total. The van der Waals surface area contributed by atoms with Crippen molar-refractivity contribution in [3.8, 4) is 0 Å². The zero-order chi connectivity index (χ0) is 13.1. The standard InChI is InChI=1S/C15H18N2O/c1-10(15(17)18)14(16)9-12-7-4-6-11-5-2-3-8-13(11)12/h2-8,10,14H,9,16H2,1H3,(H2,17,18)/t10-,14?/m1/s1. The van der Waals surface area contributed by atoms with Gasteiger partial charge < -0.3 is 11.5 Å². The number of fused-ring (bicyclic) bond motifs is 1. The van der Waals surface area contributed by atoms with Gasteiger partial charge in [-0.05, 0) is 22.8 Å². The Balaban J connectivity index is 2.29. The Morgan fingerprint density at radius 1 is 1.17 bits per heavy atom. The van der Waals surface area contributed by atoms with Crippen molar-refractivity contribution in [2.45, 2.75) is 19.4 Å². The van der Waals surface area contributed by atoms with Crippen molar-refractivity contribution in [3.63, 3.8) is 0 Å². The molecule has 0 heterocycles. The van der Waals surface area contributed by atoms with Crippen LogP contribution in [0.2, 0.25) is 0 Å². The number of carbonyl (C=O) groups is 1. The van der Waals surface area contributed by atoms with Crippen LogP contribution in [0.4, 0.5) is 0 Å². The molecule has 0 radical (unpaired) electrons. The Kier molecular flexibility index (Phi) is 3.63. The smallest absolute Gasteiger partial charge is 0.221 e. The third kappa shape index (κ3) is 2.51. The molecular weight excluding hydrogens is 224 g/mol. The first-order valence-electron chi connectivity index (χ1n) is 6.11. The quantitative estimate of drug-likeness (QED) is 0.858. The van der Waals surface area contributed by atoms with Crippen LogP contribution in [-0.2, 0) is 11.2 Å². The highest BCUT2D eigenvalue weighted by Gasteiger charge is 2.18. The summed E-state index contributed by atoms with van der Waals surface area (Å²) in [5.41, 5.74) is 12.5. The molecule has 2 atom stereocenters. The predicted octanol–water partition coefficient (Wildman–Crippen LogP) is 1.83. The Morgan fingerprint density at radius 3 is 2.56 bits per heavy atom. The molecule has 3 nitrogen and oxygen atoms in total. The van der Waals surface area contributed by atoms with E-state index < -0.39 is 0 Å². The van der Waals surface area contributed by atoms with Crippen LogP contribution >= 0.6 is 0 Å². The maximum absolute atomic E-state index is 11.1. The molecule has 0 aromatic heterocycles. The summed E-state index contributed by atoms with van der Waals surface area (Å²) in [6.45, 7) is 1.78. The van der Waals surface area contributed by atoms with Crippen molar-refractivity contribution in [2.24, 2.45) is 17.4 Å². The molecule has 0 aliphatic carbocycles. The SMILES string of the molecule is C[C@@H](C(N)=O)C(N)Cc1cccc2ccccc12. The first kappa shape index (κ1) is 12.6. The molecule has 1 amide bonds. The molecule has 2 rings (SSSR count). The van der Waals surface area contributed by atoms with Gasteiger partial charge >= 0.3 is 0 Å². The largest absolute Gasteiger partial charge is 0.369 e. The van der Waals surface area contributed by atoms with Crippen LogP contribution in [0, 0.1) is 5.92 Å². The Hall–Kier alpha value is -1.87. The van der Waals surface area contributed by atoms with Crippen LogP contribution in [0.15, 0.2) is 42.5 Å². The minimum Gasteiger partial charge on any atom is -0.369 e. The lowest BCUT2D eigenvalue weighted by molar-refractivity contribution is -0.121. The molecule has 0 bridgehead atoms. The van der Waals surface area contributed by atoms with Gasteiger partial charge in [0.2, 0.25) is 5.91 Å². The molecule has 0 saturated carbocycles. The van der Waals surface area contributed by atoms with Crippen LogP contribution in [0.1, 0.15) is 12.5 Å². The summed E-state index contributed by atoms with van der Waals surface area (Å²) in [7, 11) is 0. The van der Waals surface area contributed by atoms with E-state index in [1.54, 1.807) is 6.92 Å². The summed E-state index contributed by atoms with van der Waals surface area (Å²) in [5, 5.41) is 2.38. The van der Waals surface area contributed by atoms with E-state index in [-0.39, 0.29) is 17.9 Å². The minimum absolute atomic E-state index is 0.242. The molecule has 0 fully saturated rings. The second-order valence-corrected chi connectivity index (χ2v) is 4.70. The molecule has 0 aliphatic heterocycles. The van der Waals surface area contributed by atoms with E-state index in [0.717, 1.165) is 5.56 Å². The van der Waals surface area contributed by atoms with E-state index in [1.807, 2.05) is 18.2 Å². The average molecular weight is 242 g/mol. The first-order chi connectivity index (χ1) is 8.59. The van der Waals surface area contributed by atoms with Gasteiger partial charge in [0.05, 0.1) is 5.92 Å². The third-order valence-electron chi connectivity index (χ3n) is 3.43. The highest BCUT2D eigenvalue weighted by Crippen LogP contribution is 2.20.